The normalized spacial score (nSPS) is 11.7. The molecule has 1 aromatic carbocycles. The highest BCUT2D eigenvalue weighted by Crippen LogP contribution is 2.23. The van der Waals surface area contributed by atoms with Gasteiger partial charge in [0.25, 0.3) is 0 Å². The first-order valence-electron chi connectivity index (χ1n) is 8.54. The molecule has 0 aliphatic heterocycles. The molecule has 0 amide bonds. The Balaban J connectivity index is 0.000000575. The lowest BCUT2D eigenvalue weighted by Gasteiger charge is -2.11. The van der Waals surface area contributed by atoms with Crippen molar-refractivity contribution in [1.29, 1.82) is 0 Å². The second-order valence-corrected chi connectivity index (χ2v) is 9.29. The van der Waals surface area contributed by atoms with Crippen LogP contribution >= 0.6 is 11.3 Å². The molecule has 3 rings (SSSR count). The third-order valence-electron chi connectivity index (χ3n) is 3.87. The number of benzene rings is 1. The molecule has 0 saturated carbocycles. The molecule has 0 atom stereocenters. The number of sulfonamides is 1. The Bertz CT molecular complexity index is 1070. The van der Waals surface area contributed by atoms with E-state index in [0.717, 1.165) is 46.7 Å². The van der Waals surface area contributed by atoms with Gasteiger partial charge in [0.15, 0.2) is 0 Å². The topological polar surface area (TPSA) is 177 Å². The van der Waals surface area contributed by atoms with Gasteiger partial charge in [0.05, 0.1) is 20.0 Å². The van der Waals surface area contributed by atoms with Crippen molar-refractivity contribution in [3.63, 3.8) is 0 Å². The van der Waals surface area contributed by atoms with Crippen molar-refractivity contribution in [2.45, 2.75) is 31.0 Å². The van der Waals surface area contributed by atoms with Crippen LogP contribution in [0.25, 0.3) is 21.4 Å². The maximum atomic E-state index is 11.4. The number of aryl methyl sites for hydroxylation is 2. The van der Waals surface area contributed by atoms with Crippen LogP contribution in [-0.4, -0.2) is 23.3 Å². The maximum absolute atomic E-state index is 11.4. The Morgan fingerprint density at radius 2 is 1.53 bits per heavy atom. The predicted octanol–water partition coefficient (Wildman–Crippen LogP) is -0.776. The number of aromatic nitrogens is 3. The number of nitrogens with zero attached hydrogens (tertiary/aromatic N) is 3. The van der Waals surface area contributed by atoms with E-state index in [1.165, 1.54) is 0 Å². The fourth-order valence-corrected chi connectivity index (χ4v) is 4.14. The lowest BCUT2D eigenvalue weighted by Crippen LogP contribution is -2.58. The lowest BCUT2D eigenvalue weighted by molar-refractivity contribution is -1.92. The van der Waals surface area contributed by atoms with Gasteiger partial charge < -0.3 is 5.14 Å². The second-order valence-electron chi connectivity index (χ2n) is 5.89. The van der Waals surface area contributed by atoms with Crippen molar-refractivity contribution in [1.82, 2.24) is 10.2 Å². The van der Waals surface area contributed by atoms with Crippen LogP contribution in [0.4, 0.5) is 0 Å². The van der Waals surface area contributed by atoms with Gasteiger partial charge in [0, 0.05) is 12.8 Å². The average Bonchev–Trinajstić information content (AvgIpc) is 3.16. The van der Waals surface area contributed by atoms with E-state index in [-0.39, 0.29) is 4.34 Å². The minimum Gasteiger partial charge on any atom is -0.558 e. The molecule has 0 unspecified atom stereocenters. The highest BCUT2D eigenvalue weighted by molar-refractivity contribution is 7.94. The summed E-state index contributed by atoms with van der Waals surface area (Å²) in [4.78, 5) is 0. The summed E-state index contributed by atoms with van der Waals surface area (Å²) in [6, 6.07) is 14.3. The van der Waals surface area contributed by atoms with Crippen molar-refractivity contribution >= 4 is 21.4 Å². The summed E-state index contributed by atoms with van der Waals surface area (Å²) in [6.07, 6.45) is 1.52. The Kier molecular flexibility index (Phi) is 7.96. The van der Waals surface area contributed by atoms with Gasteiger partial charge in [-0.2, -0.15) is 18.5 Å². The first-order chi connectivity index (χ1) is 13.9. The van der Waals surface area contributed by atoms with Gasteiger partial charge in [-0.15, -0.1) is 0 Å². The van der Waals surface area contributed by atoms with Crippen molar-refractivity contribution < 1.29 is 41.9 Å². The molecule has 0 saturated heterocycles. The van der Waals surface area contributed by atoms with Gasteiger partial charge in [0.2, 0.25) is 4.34 Å². The summed E-state index contributed by atoms with van der Waals surface area (Å²) >= 11 is 0.919. The molecule has 3 aromatic rings. The molecule has 0 radical (unpaired) electrons. The van der Waals surface area contributed by atoms with E-state index < -0.39 is 20.3 Å². The molecule has 2 N–H and O–H groups in total. The molecule has 10 nitrogen and oxygen atoms in total. The Morgan fingerprint density at radius 3 is 1.93 bits per heavy atom. The average molecular weight is 475 g/mol. The van der Waals surface area contributed by atoms with E-state index in [2.05, 4.69) is 34.5 Å². The monoisotopic (exact) mass is 474 g/mol. The Labute approximate surface area is 179 Å². The van der Waals surface area contributed by atoms with E-state index in [4.69, 9.17) is 23.8 Å². The van der Waals surface area contributed by atoms with E-state index >= 15 is 0 Å². The molecule has 30 heavy (non-hydrogen) atoms. The summed E-state index contributed by atoms with van der Waals surface area (Å²) in [5.74, 6) is 0. The summed E-state index contributed by atoms with van der Waals surface area (Å²) in [5, 5.41) is 15.3. The van der Waals surface area contributed by atoms with Gasteiger partial charge in [-0.25, -0.2) is 8.42 Å². The Hall–Kier alpha value is -2.03. The van der Waals surface area contributed by atoms with Crippen LogP contribution < -0.4 is 18.5 Å². The van der Waals surface area contributed by atoms with Gasteiger partial charge in [-0.05, 0) is 39.7 Å². The van der Waals surface area contributed by atoms with E-state index in [0.29, 0.717) is 5.13 Å². The van der Waals surface area contributed by atoms with Crippen LogP contribution in [0.3, 0.4) is 0 Å². The second kappa shape index (κ2) is 9.85. The molecule has 0 spiro atoms. The minimum atomic E-state index is -4.69. The molecule has 0 fully saturated rings. The summed E-state index contributed by atoms with van der Waals surface area (Å²) in [7, 11) is -8.79. The minimum absolute atomic E-state index is 0.286. The van der Waals surface area contributed by atoms with Crippen LogP contribution in [0.1, 0.15) is 25.2 Å². The zero-order valence-corrected chi connectivity index (χ0v) is 18.4. The molecular weight excluding hydrogens is 456 g/mol. The molecule has 0 aliphatic carbocycles. The maximum Gasteiger partial charge on any atom is 0.416 e. The van der Waals surface area contributed by atoms with Crippen molar-refractivity contribution in [3.05, 3.63) is 59.0 Å². The number of halogens is 1. The Morgan fingerprint density at radius 1 is 1.03 bits per heavy atom. The quantitative estimate of drug-likeness (QED) is 0.468. The van der Waals surface area contributed by atoms with E-state index in [1.54, 1.807) is 0 Å². The van der Waals surface area contributed by atoms with Gasteiger partial charge in [-0.1, -0.05) is 44.2 Å². The van der Waals surface area contributed by atoms with Crippen LogP contribution in [0.2, 0.25) is 0 Å². The van der Waals surface area contributed by atoms with Gasteiger partial charge >= 0.3 is 5.13 Å². The number of pyridine rings is 1. The third kappa shape index (κ3) is 6.75. The molecule has 13 heteroatoms. The van der Waals surface area contributed by atoms with Crippen LogP contribution in [0.5, 0.6) is 0 Å². The smallest absolute Gasteiger partial charge is 0.416 e. The van der Waals surface area contributed by atoms with Crippen LogP contribution in [0.15, 0.2) is 46.8 Å². The fraction of sp³-hybridized carbons (Fsp3) is 0.235. The molecule has 0 bridgehead atoms. The van der Waals surface area contributed by atoms with E-state index in [9.17, 15) is 8.42 Å². The fourth-order valence-electron chi connectivity index (χ4n) is 2.68. The summed E-state index contributed by atoms with van der Waals surface area (Å²) in [6.45, 7) is 4.09. The molecule has 162 valence electrons. The number of hydrogen-bond donors (Lipinski definition) is 1. The number of hydrogen-bond acceptors (Lipinski definition) is 9. The van der Waals surface area contributed by atoms with Gasteiger partial charge in [0.1, 0.15) is 21.4 Å². The lowest BCUT2D eigenvalue weighted by atomic mass is 10.0. The van der Waals surface area contributed by atoms with Crippen molar-refractivity contribution in [3.8, 4) is 16.3 Å². The van der Waals surface area contributed by atoms with Crippen molar-refractivity contribution in [2.75, 3.05) is 0 Å². The SMILES string of the molecule is CCc1cc(-c2ccccc2)cc(CC)[n+]1-c1nnc(S([NH-])(=O)=O)s1.[O-][Cl+3]([O-])([O-])O. The highest BCUT2D eigenvalue weighted by atomic mass is 35.7. The van der Waals surface area contributed by atoms with Crippen LogP contribution in [-0.2, 0) is 22.9 Å². The summed E-state index contributed by atoms with van der Waals surface area (Å²) in [5.41, 5.74) is 4.28. The molecular formula is C17H19ClN4O6S2. The largest absolute Gasteiger partial charge is 0.558 e. The molecule has 2 heterocycles. The van der Waals surface area contributed by atoms with Crippen molar-refractivity contribution in [2.24, 2.45) is 0 Å². The zero-order valence-electron chi connectivity index (χ0n) is 16.0. The number of rotatable bonds is 5. The molecule has 0 aliphatic rings. The highest BCUT2D eigenvalue weighted by Gasteiger charge is 2.24. The first-order valence-corrected chi connectivity index (χ1v) is 12.1. The van der Waals surface area contributed by atoms with Crippen LogP contribution in [0, 0.1) is 10.2 Å². The first kappa shape index (κ1) is 24.2. The summed E-state index contributed by atoms with van der Waals surface area (Å²) < 4.78 is 57.2. The van der Waals surface area contributed by atoms with E-state index in [1.807, 2.05) is 36.6 Å². The predicted molar refractivity (Wildman–Crippen MR) is 99.4 cm³/mol. The third-order valence-corrected chi connectivity index (χ3v) is 6.02. The standard InChI is InChI=1S/C17H18N4O2S2.ClHO4/c1-3-14-10-13(12-8-6-5-7-9-12)11-15(4-2)21(14)16-19-20-17(24-16)25(18,22)23;2-1(3,4)5/h5-11H,3-4H2,1-2H3,(H-,18,22,23);(H,2,3,4,5). The zero-order chi connectivity index (χ0) is 22.5. The van der Waals surface area contributed by atoms with Gasteiger partial charge in [-0.3, -0.25) is 0 Å². The number of nitrogens with one attached hydrogen (secondary N) is 1. The molecule has 2 aromatic heterocycles.